The standard InChI is InChI=1S/C42H71O13P/c1-3-5-7-8-9-10-11-12-13-14-15-16-17-18-20-26-42(49)55-36(33-54-56(50,51)53-31-35(45)30-43)32-52-41(48)25-22-21-24-37-38(40(47)29-39(37)46)28-27-34(44)23-19-6-4-2/h5,7,9-10,12-13,21-22,27-28,34-40,43-47H,3-4,6,8,11,14-20,23-26,29-33H2,1-2H3,(H,50,51)/b7-5-,10-9-,13-12-,22-21-,28-27+/t34-,35+,36-,37+,38-,39+,40-/m1/s1. The van der Waals surface area contributed by atoms with E-state index in [1.807, 2.05) is 0 Å². The van der Waals surface area contributed by atoms with E-state index in [9.17, 15) is 39.5 Å². The summed E-state index contributed by atoms with van der Waals surface area (Å²) in [7, 11) is -4.70. The van der Waals surface area contributed by atoms with E-state index in [0.29, 0.717) is 19.3 Å². The molecule has 0 aliphatic heterocycles. The molecule has 6 N–H and O–H groups in total. The molecule has 0 spiro atoms. The van der Waals surface area contributed by atoms with E-state index in [-0.39, 0.29) is 31.1 Å². The van der Waals surface area contributed by atoms with E-state index in [4.69, 9.17) is 19.1 Å². The Balaban J connectivity index is 2.57. The number of unbranched alkanes of at least 4 members (excludes halogenated alkanes) is 7. The molecule has 0 saturated heterocycles. The summed E-state index contributed by atoms with van der Waals surface area (Å²) < 4.78 is 32.6. The van der Waals surface area contributed by atoms with Crippen molar-refractivity contribution in [2.24, 2.45) is 11.8 Å². The summed E-state index contributed by atoms with van der Waals surface area (Å²) in [4.78, 5) is 35.2. The van der Waals surface area contributed by atoms with Gasteiger partial charge in [0, 0.05) is 18.8 Å². The topological polar surface area (TPSA) is 210 Å². The van der Waals surface area contributed by atoms with E-state index in [0.717, 1.165) is 70.6 Å². The summed E-state index contributed by atoms with van der Waals surface area (Å²) in [6.45, 7) is 1.74. The van der Waals surface area contributed by atoms with Crippen LogP contribution in [0.4, 0.5) is 0 Å². The number of aliphatic hydroxyl groups excluding tert-OH is 5. The predicted octanol–water partition coefficient (Wildman–Crippen LogP) is 6.71. The van der Waals surface area contributed by atoms with E-state index >= 15 is 0 Å². The number of esters is 2. The molecule has 14 heteroatoms. The number of allylic oxidation sites excluding steroid dienone is 7. The van der Waals surface area contributed by atoms with Crippen LogP contribution in [0.1, 0.15) is 123 Å². The van der Waals surface area contributed by atoms with Crippen LogP contribution >= 0.6 is 7.82 Å². The Morgan fingerprint density at radius 1 is 0.786 bits per heavy atom. The molecule has 0 radical (unpaired) electrons. The zero-order valence-electron chi connectivity index (χ0n) is 33.7. The van der Waals surface area contributed by atoms with Crippen molar-refractivity contribution in [1.82, 2.24) is 0 Å². The van der Waals surface area contributed by atoms with Gasteiger partial charge in [0.05, 0.1) is 44.6 Å². The minimum absolute atomic E-state index is 0.0958. The number of aliphatic hydroxyl groups is 5. The molecular weight excluding hydrogens is 743 g/mol. The van der Waals surface area contributed by atoms with Gasteiger partial charge in [-0.2, -0.15) is 0 Å². The van der Waals surface area contributed by atoms with E-state index in [1.165, 1.54) is 0 Å². The summed E-state index contributed by atoms with van der Waals surface area (Å²) in [5.74, 6) is -1.90. The van der Waals surface area contributed by atoms with Gasteiger partial charge in [-0.25, -0.2) is 4.57 Å². The highest BCUT2D eigenvalue weighted by Crippen LogP contribution is 2.43. The lowest BCUT2D eigenvalue weighted by Crippen LogP contribution is -2.29. The number of hydrogen-bond acceptors (Lipinski definition) is 12. The first kappa shape index (κ1) is 51.6. The summed E-state index contributed by atoms with van der Waals surface area (Å²) >= 11 is 0. The van der Waals surface area contributed by atoms with Crippen molar-refractivity contribution in [2.45, 2.75) is 154 Å². The van der Waals surface area contributed by atoms with Gasteiger partial charge in [-0.3, -0.25) is 18.6 Å². The van der Waals surface area contributed by atoms with Gasteiger partial charge in [0.25, 0.3) is 0 Å². The fourth-order valence-corrected chi connectivity index (χ4v) is 6.83. The maximum Gasteiger partial charge on any atom is 0.472 e. The quantitative estimate of drug-likeness (QED) is 0.0176. The third-order valence-corrected chi connectivity index (χ3v) is 10.2. The van der Waals surface area contributed by atoms with Crippen molar-refractivity contribution in [3.8, 4) is 0 Å². The van der Waals surface area contributed by atoms with E-state index in [2.05, 4.69) is 54.8 Å². The maximum atomic E-state index is 12.6. The summed E-state index contributed by atoms with van der Waals surface area (Å²) in [5, 5.41) is 49.6. The van der Waals surface area contributed by atoms with Crippen molar-refractivity contribution in [3.05, 3.63) is 60.8 Å². The molecule has 0 amide bonds. The molecule has 8 atom stereocenters. The lowest BCUT2D eigenvalue weighted by Gasteiger charge is -2.20. The minimum Gasteiger partial charge on any atom is -0.461 e. The lowest BCUT2D eigenvalue weighted by molar-refractivity contribution is -0.160. The highest BCUT2D eigenvalue weighted by atomic mass is 31.2. The minimum atomic E-state index is -4.70. The van der Waals surface area contributed by atoms with Gasteiger partial charge >= 0.3 is 19.8 Å². The number of phosphoric acid groups is 1. The molecule has 0 heterocycles. The highest BCUT2D eigenvalue weighted by molar-refractivity contribution is 7.47. The number of hydrogen-bond donors (Lipinski definition) is 6. The Morgan fingerprint density at radius 3 is 2.18 bits per heavy atom. The Kier molecular flexibility index (Phi) is 29.9. The van der Waals surface area contributed by atoms with Crippen molar-refractivity contribution >= 4 is 19.8 Å². The smallest absolute Gasteiger partial charge is 0.461 e. The van der Waals surface area contributed by atoms with Crippen LogP contribution in [0.2, 0.25) is 0 Å². The van der Waals surface area contributed by atoms with Gasteiger partial charge in [0.1, 0.15) is 12.7 Å². The molecule has 1 unspecified atom stereocenters. The zero-order valence-corrected chi connectivity index (χ0v) is 34.5. The second-order valence-electron chi connectivity index (χ2n) is 14.3. The van der Waals surface area contributed by atoms with E-state index < -0.39 is 76.7 Å². The number of ether oxygens (including phenoxy) is 2. The molecule has 1 rings (SSSR count). The fraction of sp³-hybridized carbons (Fsp3) is 0.714. The molecule has 1 aliphatic rings. The van der Waals surface area contributed by atoms with Gasteiger partial charge in [0.15, 0.2) is 6.10 Å². The van der Waals surface area contributed by atoms with Crippen LogP contribution in [0.3, 0.4) is 0 Å². The lowest BCUT2D eigenvalue weighted by atomic mass is 9.89. The number of carbonyl (C=O) groups excluding carboxylic acids is 2. The predicted molar refractivity (Wildman–Crippen MR) is 216 cm³/mol. The SMILES string of the molecule is CC/C=C\C/C=C\C/C=C\CCCCCCCC(=O)O[C@H](COC(=O)C/C=C\C[C@H]1[C@@H](/C=C/[C@H](O)CCCCC)[C@H](O)C[C@@H]1O)COP(=O)(O)OC[C@@H](O)CO. The average Bonchev–Trinajstić information content (AvgIpc) is 3.44. The fourth-order valence-electron chi connectivity index (χ4n) is 6.04. The molecule has 0 aromatic rings. The van der Waals surface area contributed by atoms with Crippen molar-refractivity contribution in [1.29, 1.82) is 0 Å². The van der Waals surface area contributed by atoms with Crippen LogP contribution in [-0.2, 0) is 32.7 Å². The monoisotopic (exact) mass is 814 g/mol. The Bertz CT molecular complexity index is 1230. The third kappa shape index (κ3) is 26.5. The van der Waals surface area contributed by atoms with Gasteiger partial charge < -0.3 is 39.9 Å². The van der Waals surface area contributed by atoms with Gasteiger partial charge in [0.2, 0.25) is 0 Å². The van der Waals surface area contributed by atoms with Crippen LogP contribution < -0.4 is 0 Å². The molecular formula is C42H71O13P. The molecule has 1 aliphatic carbocycles. The van der Waals surface area contributed by atoms with Gasteiger partial charge in [-0.15, -0.1) is 0 Å². The van der Waals surface area contributed by atoms with Crippen molar-refractivity contribution in [3.63, 3.8) is 0 Å². The molecule has 0 aromatic heterocycles. The average molecular weight is 815 g/mol. The second kappa shape index (κ2) is 32.5. The molecule has 13 nitrogen and oxygen atoms in total. The first-order chi connectivity index (χ1) is 26.9. The molecule has 1 saturated carbocycles. The van der Waals surface area contributed by atoms with Crippen LogP contribution in [-0.4, -0.2) is 99.3 Å². The first-order valence-electron chi connectivity index (χ1n) is 20.5. The Labute approximate surface area is 334 Å². The maximum absolute atomic E-state index is 12.6. The Morgan fingerprint density at radius 2 is 1.46 bits per heavy atom. The molecule has 56 heavy (non-hydrogen) atoms. The summed E-state index contributed by atoms with van der Waals surface area (Å²) in [6.07, 6.45) is 27.5. The van der Waals surface area contributed by atoms with Crippen LogP contribution in [0.5, 0.6) is 0 Å². The zero-order chi connectivity index (χ0) is 41.4. The van der Waals surface area contributed by atoms with Crippen LogP contribution in [0.25, 0.3) is 0 Å². The second-order valence-corrected chi connectivity index (χ2v) is 15.7. The molecule has 0 bridgehead atoms. The third-order valence-electron chi connectivity index (χ3n) is 9.26. The van der Waals surface area contributed by atoms with Crippen LogP contribution in [0.15, 0.2) is 60.8 Å². The largest absolute Gasteiger partial charge is 0.472 e. The normalized spacial score (nSPS) is 21.8. The Hall–Kier alpha value is -2.45. The summed E-state index contributed by atoms with van der Waals surface area (Å²) in [6, 6.07) is 0. The highest BCUT2D eigenvalue weighted by Gasteiger charge is 2.39. The number of rotatable bonds is 33. The van der Waals surface area contributed by atoms with E-state index in [1.54, 1.807) is 24.3 Å². The van der Waals surface area contributed by atoms with Crippen LogP contribution in [0, 0.1) is 11.8 Å². The van der Waals surface area contributed by atoms with Crippen molar-refractivity contribution < 1.29 is 63.1 Å². The molecule has 322 valence electrons. The summed E-state index contributed by atoms with van der Waals surface area (Å²) in [5.41, 5.74) is 0. The molecule has 1 fully saturated rings. The van der Waals surface area contributed by atoms with Gasteiger partial charge in [-0.05, 0) is 57.3 Å². The number of phosphoric ester groups is 1. The first-order valence-corrected chi connectivity index (χ1v) is 22.0. The van der Waals surface area contributed by atoms with Crippen molar-refractivity contribution in [2.75, 3.05) is 26.4 Å². The van der Waals surface area contributed by atoms with Gasteiger partial charge in [-0.1, -0.05) is 113 Å². The number of carbonyl (C=O) groups is 2. The molecule has 0 aromatic carbocycles.